The summed E-state index contributed by atoms with van der Waals surface area (Å²) in [4.78, 5) is 24.5. The Kier molecular flexibility index (Phi) is 7.77. The number of alkyl carbamates (subject to hydrolysis) is 1. The van der Waals surface area contributed by atoms with Gasteiger partial charge in [-0.25, -0.2) is 9.59 Å². The number of carbonyl (C=O) groups is 2. The Bertz CT molecular complexity index is 436. The lowest BCUT2D eigenvalue weighted by atomic mass is 10.2. The molecule has 7 heteroatoms. The number of aliphatic hydroxyl groups is 1. The zero-order valence-corrected chi connectivity index (χ0v) is 12.4. The van der Waals surface area contributed by atoms with Crippen molar-refractivity contribution in [2.24, 2.45) is 0 Å². The monoisotopic (exact) mass is 310 g/mol. The molecule has 0 aromatic rings. The van der Waals surface area contributed by atoms with Crippen molar-refractivity contribution in [3.8, 4) is 0 Å². The summed E-state index contributed by atoms with van der Waals surface area (Å²) < 4.78 is 9.72. The van der Waals surface area contributed by atoms with E-state index in [1.165, 1.54) is 17.1 Å². The molecule has 0 spiro atoms. The van der Waals surface area contributed by atoms with Crippen LogP contribution in [0.25, 0.3) is 0 Å². The maximum atomic E-state index is 11.8. The molecule has 0 aromatic heterocycles. The number of carbonyl (C=O) groups excluding carboxylic acids is 2. The van der Waals surface area contributed by atoms with Crippen molar-refractivity contribution >= 4 is 12.2 Å². The summed E-state index contributed by atoms with van der Waals surface area (Å²) in [6.45, 7) is 7.66. The average Bonchev–Trinajstić information content (AvgIpc) is 2.88. The predicted octanol–water partition coefficient (Wildman–Crippen LogP) is 1.21. The molecular formula is C15H22N2O5. The van der Waals surface area contributed by atoms with Gasteiger partial charge in [0.15, 0.2) is 0 Å². The van der Waals surface area contributed by atoms with Crippen LogP contribution in [0.3, 0.4) is 0 Å². The van der Waals surface area contributed by atoms with Crippen molar-refractivity contribution in [3.05, 3.63) is 37.5 Å². The summed E-state index contributed by atoms with van der Waals surface area (Å²) in [6, 6.07) is -0.265. The minimum atomic E-state index is -0.587. The van der Waals surface area contributed by atoms with Gasteiger partial charge in [0.05, 0.1) is 18.7 Å². The second-order valence-electron chi connectivity index (χ2n) is 4.67. The van der Waals surface area contributed by atoms with Crippen LogP contribution >= 0.6 is 0 Å². The van der Waals surface area contributed by atoms with Gasteiger partial charge in [-0.2, -0.15) is 0 Å². The number of aliphatic hydroxyl groups excluding tert-OH is 1. The highest BCUT2D eigenvalue weighted by atomic mass is 16.6. The number of hydrogen-bond donors (Lipinski definition) is 2. The normalized spacial score (nSPS) is 20.7. The third kappa shape index (κ3) is 6.01. The second-order valence-corrected chi connectivity index (χ2v) is 4.67. The van der Waals surface area contributed by atoms with E-state index in [9.17, 15) is 14.7 Å². The number of amides is 2. The van der Waals surface area contributed by atoms with Gasteiger partial charge in [0.1, 0.15) is 13.2 Å². The van der Waals surface area contributed by atoms with Crippen LogP contribution in [0, 0.1) is 0 Å². The number of β-amino-alcohol motifs (C(OH)–C–C–N with tert-alkyl or cyclic N) is 1. The molecule has 7 nitrogen and oxygen atoms in total. The molecule has 1 heterocycles. The highest BCUT2D eigenvalue weighted by Crippen LogP contribution is 2.19. The van der Waals surface area contributed by atoms with Gasteiger partial charge in [0.25, 0.3) is 0 Å². The van der Waals surface area contributed by atoms with Crippen LogP contribution in [0.15, 0.2) is 37.5 Å². The van der Waals surface area contributed by atoms with Crippen molar-refractivity contribution in [1.29, 1.82) is 0 Å². The van der Waals surface area contributed by atoms with Crippen molar-refractivity contribution in [1.82, 2.24) is 10.2 Å². The van der Waals surface area contributed by atoms with E-state index in [4.69, 9.17) is 9.47 Å². The van der Waals surface area contributed by atoms with Crippen LogP contribution in [0.2, 0.25) is 0 Å². The second kappa shape index (κ2) is 9.62. The third-order valence-corrected chi connectivity index (χ3v) is 2.94. The molecule has 122 valence electrons. The van der Waals surface area contributed by atoms with Crippen molar-refractivity contribution in [2.45, 2.75) is 18.6 Å². The predicted molar refractivity (Wildman–Crippen MR) is 81.4 cm³/mol. The first-order chi connectivity index (χ1) is 10.6. The minimum Gasteiger partial charge on any atom is -0.445 e. The SMILES string of the molecule is C=CCOC(=O)NCC=C[C@@H]1C[C@@H](O)CN1C(=O)OCC=C. The van der Waals surface area contributed by atoms with Gasteiger partial charge in [-0.15, -0.1) is 0 Å². The van der Waals surface area contributed by atoms with E-state index in [1.807, 2.05) is 0 Å². The van der Waals surface area contributed by atoms with E-state index in [-0.39, 0.29) is 32.3 Å². The van der Waals surface area contributed by atoms with Crippen molar-refractivity contribution in [2.75, 3.05) is 26.3 Å². The molecule has 0 radical (unpaired) electrons. The Labute approximate surface area is 129 Å². The Morgan fingerprint density at radius 1 is 1.27 bits per heavy atom. The van der Waals surface area contributed by atoms with E-state index >= 15 is 0 Å². The molecule has 0 unspecified atom stereocenters. The molecule has 0 aliphatic carbocycles. The fourth-order valence-corrected chi connectivity index (χ4v) is 2.00. The third-order valence-electron chi connectivity index (χ3n) is 2.94. The smallest absolute Gasteiger partial charge is 0.410 e. The van der Waals surface area contributed by atoms with Gasteiger partial charge in [0.2, 0.25) is 0 Å². The number of likely N-dealkylation sites (tertiary alicyclic amines) is 1. The highest BCUT2D eigenvalue weighted by molar-refractivity contribution is 5.69. The number of rotatable bonds is 7. The molecule has 2 N–H and O–H groups in total. The lowest BCUT2D eigenvalue weighted by molar-refractivity contribution is 0.107. The molecule has 1 aliphatic rings. The van der Waals surface area contributed by atoms with E-state index in [1.54, 1.807) is 12.2 Å². The topological polar surface area (TPSA) is 88.1 Å². The summed E-state index contributed by atoms with van der Waals surface area (Å²) in [5.41, 5.74) is 0. The number of nitrogens with zero attached hydrogens (tertiary/aromatic N) is 1. The maximum Gasteiger partial charge on any atom is 0.410 e. The minimum absolute atomic E-state index is 0.124. The number of nitrogens with one attached hydrogen (secondary N) is 1. The lowest BCUT2D eigenvalue weighted by Crippen LogP contribution is -2.35. The van der Waals surface area contributed by atoms with Crippen LogP contribution in [0.4, 0.5) is 9.59 Å². The zero-order chi connectivity index (χ0) is 16.4. The Morgan fingerprint density at radius 2 is 1.95 bits per heavy atom. The van der Waals surface area contributed by atoms with Gasteiger partial charge < -0.3 is 19.9 Å². The largest absolute Gasteiger partial charge is 0.445 e. The van der Waals surface area contributed by atoms with Crippen LogP contribution in [-0.4, -0.2) is 60.6 Å². The van der Waals surface area contributed by atoms with Crippen LogP contribution in [-0.2, 0) is 9.47 Å². The molecular weight excluding hydrogens is 288 g/mol. The summed E-state index contributed by atoms with van der Waals surface area (Å²) in [7, 11) is 0. The summed E-state index contributed by atoms with van der Waals surface area (Å²) in [5.74, 6) is 0. The van der Waals surface area contributed by atoms with Crippen LogP contribution < -0.4 is 5.32 Å². The van der Waals surface area contributed by atoms with Gasteiger partial charge in [-0.1, -0.05) is 37.5 Å². The highest BCUT2D eigenvalue weighted by Gasteiger charge is 2.33. The molecule has 22 heavy (non-hydrogen) atoms. The van der Waals surface area contributed by atoms with E-state index in [0.717, 1.165) is 0 Å². The fourth-order valence-electron chi connectivity index (χ4n) is 2.00. The molecule has 0 bridgehead atoms. The van der Waals surface area contributed by atoms with Gasteiger partial charge in [0, 0.05) is 6.54 Å². The zero-order valence-electron chi connectivity index (χ0n) is 12.4. The first kappa shape index (κ1) is 17.8. The van der Waals surface area contributed by atoms with Crippen LogP contribution in [0.5, 0.6) is 0 Å². The lowest BCUT2D eigenvalue weighted by Gasteiger charge is -2.20. The Morgan fingerprint density at radius 3 is 2.64 bits per heavy atom. The Hall–Kier alpha value is -2.28. The van der Waals surface area contributed by atoms with Crippen molar-refractivity contribution in [3.63, 3.8) is 0 Å². The standard InChI is InChI=1S/C15H22N2O5/c1-3-8-21-14(19)16-7-5-6-12-10-13(18)11-17(12)15(20)22-9-4-2/h3-6,12-13,18H,1-2,7-11H2,(H,16,19)/t12-,13-/m1/s1. The first-order valence-corrected chi connectivity index (χ1v) is 6.99. The summed E-state index contributed by atoms with van der Waals surface area (Å²) >= 11 is 0. The van der Waals surface area contributed by atoms with E-state index in [0.29, 0.717) is 6.42 Å². The van der Waals surface area contributed by atoms with Crippen molar-refractivity contribution < 1.29 is 24.2 Å². The number of ether oxygens (including phenoxy) is 2. The first-order valence-electron chi connectivity index (χ1n) is 6.99. The molecule has 0 saturated carbocycles. The van der Waals surface area contributed by atoms with Gasteiger partial charge in [-0.3, -0.25) is 4.90 Å². The van der Waals surface area contributed by atoms with Gasteiger partial charge in [-0.05, 0) is 6.42 Å². The average molecular weight is 310 g/mol. The van der Waals surface area contributed by atoms with Crippen LogP contribution in [0.1, 0.15) is 6.42 Å². The quantitative estimate of drug-likeness (QED) is 0.690. The summed E-state index contributed by atoms with van der Waals surface area (Å²) in [6.07, 6.45) is 5.21. The molecule has 2 atom stereocenters. The molecule has 0 aromatic carbocycles. The molecule has 2 amide bonds. The maximum absolute atomic E-state index is 11.8. The van der Waals surface area contributed by atoms with E-state index in [2.05, 4.69) is 18.5 Å². The number of hydrogen-bond acceptors (Lipinski definition) is 5. The molecule has 1 aliphatic heterocycles. The molecule has 1 rings (SSSR count). The molecule has 1 saturated heterocycles. The van der Waals surface area contributed by atoms with E-state index < -0.39 is 18.3 Å². The Balaban J connectivity index is 2.42. The molecule has 1 fully saturated rings. The fraction of sp³-hybridized carbons (Fsp3) is 0.467. The van der Waals surface area contributed by atoms with Gasteiger partial charge >= 0.3 is 12.2 Å². The summed E-state index contributed by atoms with van der Waals surface area (Å²) in [5, 5.41) is 12.2.